The lowest BCUT2D eigenvalue weighted by atomic mass is 10.0. The number of nitrogens with two attached hydrogens (primary N) is 1. The van der Waals surface area contributed by atoms with Crippen LogP contribution in [0.2, 0.25) is 0 Å². The zero-order valence-corrected chi connectivity index (χ0v) is 18.0. The lowest BCUT2D eigenvalue weighted by molar-refractivity contribution is -0.138. The maximum Gasteiger partial charge on any atom is 0.419 e. The van der Waals surface area contributed by atoms with Gasteiger partial charge in [0.15, 0.2) is 5.58 Å². The zero-order chi connectivity index (χ0) is 23.6. The third-order valence-corrected chi connectivity index (χ3v) is 5.59. The molecule has 1 aliphatic rings. The minimum absolute atomic E-state index is 0.0400. The Balaban J connectivity index is 1.73. The highest BCUT2D eigenvalue weighted by Gasteiger charge is 2.35. The molecule has 4 rings (SSSR count). The largest absolute Gasteiger partial charge is 0.493 e. The first kappa shape index (κ1) is 22.9. The van der Waals surface area contributed by atoms with Gasteiger partial charge in [-0.1, -0.05) is 6.07 Å². The summed E-state index contributed by atoms with van der Waals surface area (Å²) in [7, 11) is 0. The van der Waals surface area contributed by atoms with Crippen molar-refractivity contribution in [2.75, 3.05) is 24.6 Å². The maximum atomic E-state index is 13.4. The number of hydrogen-bond acceptors (Lipinski definition) is 6. The molecule has 33 heavy (non-hydrogen) atoms. The lowest BCUT2D eigenvalue weighted by Gasteiger charge is -2.33. The number of amides is 1. The summed E-state index contributed by atoms with van der Waals surface area (Å²) in [4.78, 5) is 18.2. The van der Waals surface area contributed by atoms with E-state index in [9.17, 15) is 18.0 Å². The number of halogens is 3. The van der Waals surface area contributed by atoms with Crippen LogP contribution in [0.3, 0.4) is 0 Å². The van der Waals surface area contributed by atoms with E-state index in [1.165, 1.54) is 18.2 Å². The number of fused-ring (bicyclic) bond motifs is 1. The number of nitrogens with one attached hydrogen (secondary N) is 1. The molecule has 0 aliphatic carbocycles. The van der Waals surface area contributed by atoms with Crippen molar-refractivity contribution in [3.8, 4) is 5.75 Å². The van der Waals surface area contributed by atoms with E-state index in [-0.39, 0.29) is 36.5 Å². The van der Waals surface area contributed by atoms with Gasteiger partial charge in [0.05, 0.1) is 17.7 Å². The third kappa shape index (κ3) is 4.90. The molecule has 0 saturated carbocycles. The van der Waals surface area contributed by atoms with Gasteiger partial charge in [-0.25, -0.2) is 0 Å². The molecule has 0 atom stereocenters. The Kier molecular flexibility index (Phi) is 6.46. The molecular formula is C23H24F3N4O3. The van der Waals surface area contributed by atoms with Crippen molar-refractivity contribution in [3.05, 3.63) is 53.1 Å². The molecule has 3 aromatic rings. The van der Waals surface area contributed by atoms with Crippen LogP contribution in [0.15, 0.2) is 34.7 Å². The average Bonchev–Trinajstić information content (AvgIpc) is 3.21. The van der Waals surface area contributed by atoms with Crippen molar-refractivity contribution in [1.82, 2.24) is 10.3 Å². The molecule has 1 aromatic heterocycles. The van der Waals surface area contributed by atoms with Gasteiger partial charge in [-0.05, 0) is 68.8 Å². The minimum atomic E-state index is -4.51. The second kappa shape index (κ2) is 9.30. The number of oxazole rings is 1. The fourth-order valence-electron chi connectivity index (χ4n) is 4.03. The number of ether oxygens (including phenoxy) is 1. The summed E-state index contributed by atoms with van der Waals surface area (Å²) in [5.74, 6) is -0.881. The quantitative estimate of drug-likeness (QED) is 0.554. The summed E-state index contributed by atoms with van der Waals surface area (Å²) < 4.78 is 51.4. The van der Waals surface area contributed by atoms with Crippen molar-refractivity contribution in [2.24, 2.45) is 5.73 Å². The SMILES string of the molecule is CCOc1cc(CN(c2nc3c(C(N)=O)[c]ccc3o2)C2CCNCC2)ccc1C(F)(F)F. The second-order valence-electron chi connectivity index (χ2n) is 7.80. The highest BCUT2D eigenvalue weighted by molar-refractivity contribution is 6.03. The van der Waals surface area contributed by atoms with Crippen LogP contribution in [-0.2, 0) is 12.7 Å². The van der Waals surface area contributed by atoms with Gasteiger partial charge in [-0.3, -0.25) is 4.79 Å². The van der Waals surface area contributed by atoms with Gasteiger partial charge < -0.3 is 25.1 Å². The van der Waals surface area contributed by atoms with Crippen LogP contribution in [0, 0.1) is 6.07 Å². The Bertz CT molecular complexity index is 1140. The molecule has 1 radical (unpaired) electrons. The van der Waals surface area contributed by atoms with Gasteiger partial charge in [0.2, 0.25) is 0 Å². The van der Waals surface area contributed by atoms with Gasteiger partial charge in [-0.15, -0.1) is 0 Å². The molecule has 10 heteroatoms. The number of carbonyl (C=O) groups excluding carboxylic acids is 1. The maximum absolute atomic E-state index is 13.4. The fourth-order valence-corrected chi connectivity index (χ4v) is 4.03. The number of alkyl halides is 3. The van der Waals surface area contributed by atoms with Crippen molar-refractivity contribution >= 4 is 23.0 Å². The number of benzene rings is 2. The van der Waals surface area contributed by atoms with Gasteiger partial charge in [-0.2, -0.15) is 18.2 Å². The highest BCUT2D eigenvalue weighted by atomic mass is 19.4. The number of nitrogens with zero attached hydrogens (tertiary/aromatic N) is 2. The molecule has 1 fully saturated rings. The molecule has 7 nitrogen and oxygen atoms in total. The molecule has 0 unspecified atom stereocenters. The lowest BCUT2D eigenvalue weighted by Crippen LogP contribution is -2.43. The third-order valence-electron chi connectivity index (χ3n) is 5.59. The summed E-state index contributed by atoms with van der Waals surface area (Å²) in [6.07, 6.45) is -2.92. The van der Waals surface area contributed by atoms with Crippen LogP contribution in [0.5, 0.6) is 5.75 Å². The molecule has 3 N–H and O–H groups in total. The average molecular weight is 461 g/mol. The molecular weight excluding hydrogens is 437 g/mol. The topological polar surface area (TPSA) is 93.6 Å². The van der Waals surface area contributed by atoms with E-state index in [0.29, 0.717) is 16.7 Å². The van der Waals surface area contributed by atoms with Crippen molar-refractivity contribution in [2.45, 2.75) is 38.5 Å². The van der Waals surface area contributed by atoms with E-state index in [4.69, 9.17) is 14.9 Å². The molecule has 2 heterocycles. The second-order valence-corrected chi connectivity index (χ2v) is 7.80. The Morgan fingerprint density at radius 3 is 2.76 bits per heavy atom. The van der Waals surface area contributed by atoms with Crippen molar-refractivity contribution in [1.29, 1.82) is 0 Å². The van der Waals surface area contributed by atoms with Crippen LogP contribution in [-0.4, -0.2) is 36.6 Å². The number of hydrogen-bond donors (Lipinski definition) is 2. The van der Waals surface area contributed by atoms with Crippen molar-refractivity contribution in [3.63, 3.8) is 0 Å². The predicted octanol–water partition coefficient (Wildman–Crippen LogP) is 3.90. The van der Waals surface area contributed by atoms with Gasteiger partial charge in [0.25, 0.3) is 11.9 Å². The van der Waals surface area contributed by atoms with E-state index in [0.717, 1.165) is 32.0 Å². The van der Waals surface area contributed by atoms with Crippen LogP contribution >= 0.6 is 0 Å². The molecule has 0 spiro atoms. The van der Waals surface area contributed by atoms with Gasteiger partial charge in [0, 0.05) is 12.6 Å². The summed E-state index contributed by atoms with van der Waals surface area (Å²) in [5.41, 5.74) is 6.07. The van der Waals surface area contributed by atoms with E-state index >= 15 is 0 Å². The molecule has 1 aliphatic heterocycles. The monoisotopic (exact) mass is 461 g/mol. The van der Waals surface area contributed by atoms with Crippen molar-refractivity contribution < 1.29 is 27.1 Å². The number of rotatable bonds is 7. The first-order valence-corrected chi connectivity index (χ1v) is 10.7. The Morgan fingerprint density at radius 1 is 1.33 bits per heavy atom. The Morgan fingerprint density at radius 2 is 2.09 bits per heavy atom. The van der Waals surface area contributed by atoms with E-state index in [1.54, 1.807) is 13.0 Å². The predicted molar refractivity (Wildman–Crippen MR) is 116 cm³/mol. The first-order valence-electron chi connectivity index (χ1n) is 10.7. The molecule has 2 aromatic carbocycles. The number of primary amides is 1. The Labute approximate surface area is 188 Å². The minimum Gasteiger partial charge on any atom is -0.493 e. The summed E-state index contributed by atoms with van der Waals surface area (Å²) in [6, 6.07) is 10.2. The van der Waals surface area contributed by atoms with Crippen LogP contribution in [0.1, 0.15) is 41.3 Å². The number of piperidine rings is 1. The highest BCUT2D eigenvalue weighted by Crippen LogP contribution is 2.37. The molecule has 0 bridgehead atoms. The van der Waals surface area contributed by atoms with E-state index in [2.05, 4.69) is 16.4 Å². The molecule has 1 amide bonds. The molecule has 175 valence electrons. The van der Waals surface area contributed by atoms with Crippen LogP contribution in [0.4, 0.5) is 19.2 Å². The summed E-state index contributed by atoms with van der Waals surface area (Å²) in [6.45, 7) is 3.59. The van der Waals surface area contributed by atoms with Crippen LogP contribution < -0.4 is 20.7 Å². The number of aromatic nitrogens is 1. The smallest absolute Gasteiger partial charge is 0.419 e. The van der Waals surface area contributed by atoms with Gasteiger partial charge >= 0.3 is 6.18 Å². The molecule has 1 saturated heterocycles. The fraction of sp³-hybridized carbons (Fsp3) is 0.391. The number of carbonyl (C=O) groups is 1. The number of anilines is 1. The standard InChI is InChI=1S/C23H24F3N4O3/c1-2-32-19-12-14(6-7-17(19)23(24,25)26)13-30(15-8-10-28-11-9-15)22-29-20-16(21(27)31)4-3-5-18(20)33-22/h3,5-7,12,15,28H,2,8-11,13H2,1H3,(H2,27,31). The van der Waals surface area contributed by atoms with Crippen LogP contribution in [0.25, 0.3) is 11.1 Å². The zero-order valence-electron chi connectivity index (χ0n) is 18.0. The van der Waals surface area contributed by atoms with Gasteiger partial charge in [0.1, 0.15) is 11.3 Å². The normalized spacial score (nSPS) is 15.0. The summed E-state index contributed by atoms with van der Waals surface area (Å²) in [5, 5.41) is 3.30. The first-order chi connectivity index (χ1) is 15.8. The van der Waals surface area contributed by atoms with E-state index in [1.807, 2.05) is 4.90 Å². The Hall–Kier alpha value is -3.27. The van der Waals surface area contributed by atoms with E-state index < -0.39 is 17.6 Å². The summed E-state index contributed by atoms with van der Waals surface area (Å²) >= 11 is 0.